The highest BCUT2D eigenvalue weighted by Gasteiger charge is 2.01. The van der Waals surface area contributed by atoms with Crippen molar-refractivity contribution >= 4 is 27.5 Å². The molecule has 1 aromatic heterocycles. The molecule has 1 amide bonds. The summed E-state index contributed by atoms with van der Waals surface area (Å²) in [6.45, 7) is 0.556. The van der Waals surface area contributed by atoms with Crippen LogP contribution in [0, 0.1) is 0 Å². The van der Waals surface area contributed by atoms with Gasteiger partial charge in [0.25, 0.3) is 5.91 Å². The van der Waals surface area contributed by atoms with Crippen molar-refractivity contribution in [2.24, 2.45) is 5.73 Å². The van der Waals surface area contributed by atoms with Crippen LogP contribution < -0.4 is 15.8 Å². The van der Waals surface area contributed by atoms with Gasteiger partial charge in [0.05, 0.1) is 5.69 Å². The standard InChI is InChI=1S/C14H14BrN3O2/c15-14-12(2-1-7-17-14)18-8-10-3-5-11(6-4-10)20-9-13(16)19/h1-7,18H,8-9H2,(H2,16,19). The molecular weight excluding hydrogens is 322 g/mol. The lowest BCUT2D eigenvalue weighted by atomic mass is 10.2. The zero-order chi connectivity index (χ0) is 14.4. The highest BCUT2D eigenvalue weighted by atomic mass is 79.9. The van der Waals surface area contributed by atoms with E-state index in [9.17, 15) is 4.79 Å². The van der Waals surface area contributed by atoms with Crippen molar-refractivity contribution in [3.8, 4) is 5.75 Å². The molecule has 0 unspecified atom stereocenters. The van der Waals surface area contributed by atoms with Gasteiger partial charge in [-0.05, 0) is 45.8 Å². The molecule has 0 saturated heterocycles. The van der Waals surface area contributed by atoms with Crippen molar-refractivity contribution in [2.45, 2.75) is 6.54 Å². The third-order valence-electron chi connectivity index (χ3n) is 2.55. The summed E-state index contributed by atoms with van der Waals surface area (Å²) in [4.78, 5) is 14.7. The molecule has 0 aliphatic heterocycles. The summed E-state index contributed by atoms with van der Waals surface area (Å²) in [6, 6.07) is 11.3. The molecule has 2 rings (SSSR count). The summed E-state index contributed by atoms with van der Waals surface area (Å²) >= 11 is 3.38. The molecule has 1 aromatic carbocycles. The number of nitrogens with zero attached hydrogens (tertiary/aromatic N) is 1. The van der Waals surface area contributed by atoms with Gasteiger partial charge in [0.1, 0.15) is 10.4 Å². The number of halogens is 1. The molecule has 0 aliphatic carbocycles. The van der Waals surface area contributed by atoms with Crippen LogP contribution in [0.4, 0.5) is 5.69 Å². The summed E-state index contributed by atoms with van der Waals surface area (Å²) in [7, 11) is 0. The third-order valence-corrected chi connectivity index (χ3v) is 3.18. The number of benzene rings is 1. The normalized spacial score (nSPS) is 10.1. The van der Waals surface area contributed by atoms with E-state index in [1.165, 1.54) is 0 Å². The Morgan fingerprint density at radius 2 is 2.05 bits per heavy atom. The van der Waals surface area contributed by atoms with E-state index in [-0.39, 0.29) is 6.61 Å². The second-order valence-corrected chi connectivity index (χ2v) is 4.85. The number of pyridine rings is 1. The number of carbonyl (C=O) groups is 1. The lowest BCUT2D eigenvalue weighted by molar-refractivity contribution is -0.119. The molecular formula is C14H14BrN3O2. The second-order valence-electron chi connectivity index (χ2n) is 4.09. The fraction of sp³-hybridized carbons (Fsp3) is 0.143. The van der Waals surface area contributed by atoms with Gasteiger partial charge >= 0.3 is 0 Å². The summed E-state index contributed by atoms with van der Waals surface area (Å²) in [6.07, 6.45) is 1.72. The number of amides is 1. The number of aromatic nitrogens is 1. The Morgan fingerprint density at radius 1 is 1.30 bits per heavy atom. The topological polar surface area (TPSA) is 77.2 Å². The van der Waals surface area contributed by atoms with Crippen LogP contribution in [-0.2, 0) is 11.3 Å². The van der Waals surface area contributed by atoms with Crippen molar-refractivity contribution in [1.29, 1.82) is 0 Å². The monoisotopic (exact) mass is 335 g/mol. The van der Waals surface area contributed by atoms with Gasteiger partial charge in [0, 0.05) is 12.7 Å². The Labute approximate surface area is 125 Å². The van der Waals surface area contributed by atoms with E-state index in [1.807, 2.05) is 24.3 Å². The number of carbonyl (C=O) groups excluding carboxylic acids is 1. The molecule has 5 nitrogen and oxygen atoms in total. The van der Waals surface area contributed by atoms with Crippen LogP contribution in [0.15, 0.2) is 47.2 Å². The predicted octanol–water partition coefficient (Wildman–Crippen LogP) is 2.32. The lowest BCUT2D eigenvalue weighted by Crippen LogP contribution is -2.19. The summed E-state index contributed by atoms with van der Waals surface area (Å²) < 4.78 is 5.97. The van der Waals surface area contributed by atoms with Crippen LogP contribution in [0.5, 0.6) is 5.75 Å². The summed E-state index contributed by atoms with van der Waals surface area (Å²) in [5, 5.41) is 3.27. The first-order valence-corrected chi connectivity index (χ1v) is 6.79. The minimum atomic E-state index is -0.489. The van der Waals surface area contributed by atoms with Gasteiger partial charge in [0.15, 0.2) is 6.61 Å². The molecule has 20 heavy (non-hydrogen) atoms. The third kappa shape index (κ3) is 4.24. The zero-order valence-electron chi connectivity index (χ0n) is 10.7. The second kappa shape index (κ2) is 6.91. The minimum absolute atomic E-state index is 0.111. The van der Waals surface area contributed by atoms with Crippen LogP contribution >= 0.6 is 15.9 Å². The summed E-state index contributed by atoms with van der Waals surface area (Å²) in [5.41, 5.74) is 7.03. The van der Waals surface area contributed by atoms with Gasteiger partial charge in [-0.15, -0.1) is 0 Å². The average Bonchev–Trinajstić information content (AvgIpc) is 2.45. The Morgan fingerprint density at radius 3 is 2.70 bits per heavy atom. The van der Waals surface area contributed by atoms with Crippen LogP contribution in [-0.4, -0.2) is 17.5 Å². The van der Waals surface area contributed by atoms with Gasteiger partial charge in [-0.3, -0.25) is 4.79 Å². The van der Waals surface area contributed by atoms with Gasteiger partial charge in [-0.25, -0.2) is 4.98 Å². The molecule has 0 spiro atoms. The number of rotatable bonds is 6. The molecule has 0 fully saturated rings. The molecule has 0 bridgehead atoms. The minimum Gasteiger partial charge on any atom is -0.484 e. The van der Waals surface area contributed by atoms with Crippen molar-refractivity contribution in [2.75, 3.05) is 11.9 Å². The van der Waals surface area contributed by atoms with Crippen molar-refractivity contribution in [1.82, 2.24) is 4.98 Å². The SMILES string of the molecule is NC(=O)COc1ccc(CNc2cccnc2Br)cc1. The van der Waals surface area contributed by atoms with Gasteiger partial charge in [-0.1, -0.05) is 12.1 Å². The molecule has 104 valence electrons. The molecule has 0 atom stereocenters. The van der Waals surface area contributed by atoms with Gasteiger partial charge in [-0.2, -0.15) is 0 Å². The smallest absolute Gasteiger partial charge is 0.255 e. The number of primary amides is 1. The molecule has 1 heterocycles. The highest BCUT2D eigenvalue weighted by molar-refractivity contribution is 9.10. The number of ether oxygens (including phenoxy) is 1. The number of nitrogens with one attached hydrogen (secondary N) is 1. The Hall–Kier alpha value is -2.08. The Bertz CT molecular complexity index is 587. The Kier molecular flexibility index (Phi) is 4.95. The maximum Gasteiger partial charge on any atom is 0.255 e. The lowest BCUT2D eigenvalue weighted by Gasteiger charge is -2.09. The van der Waals surface area contributed by atoms with Crippen LogP contribution in [0.25, 0.3) is 0 Å². The number of anilines is 1. The van der Waals surface area contributed by atoms with E-state index >= 15 is 0 Å². The quantitative estimate of drug-likeness (QED) is 0.794. The van der Waals surface area contributed by atoms with E-state index in [0.29, 0.717) is 12.3 Å². The number of hydrogen-bond donors (Lipinski definition) is 2. The molecule has 0 aliphatic rings. The first-order valence-electron chi connectivity index (χ1n) is 5.99. The Balaban J connectivity index is 1.91. The average molecular weight is 336 g/mol. The van der Waals surface area contributed by atoms with E-state index < -0.39 is 5.91 Å². The van der Waals surface area contributed by atoms with Crippen molar-refractivity contribution in [3.05, 3.63) is 52.8 Å². The zero-order valence-corrected chi connectivity index (χ0v) is 12.3. The maximum absolute atomic E-state index is 10.6. The molecule has 6 heteroatoms. The van der Waals surface area contributed by atoms with Gasteiger partial charge in [0.2, 0.25) is 0 Å². The van der Waals surface area contributed by atoms with Crippen molar-refractivity contribution < 1.29 is 9.53 Å². The van der Waals surface area contributed by atoms with E-state index in [1.54, 1.807) is 18.3 Å². The van der Waals surface area contributed by atoms with Crippen LogP contribution in [0.3, 0.4) is 0 Å². The molecule has 2 aromatic rings. The van der Waals surface area contributed by atoms with Crippen LogP contribution in [0.2, 0.25) is 0 Å². The fourth-order valence-corrected chi connectivity index (χ4v) is 1.96. The number of hydrogen-bond acceptors (Lipinski definition) is 4. The molecule has 0 radical (unpaired) electrons. The van der Waals surface area contributed by atoms with Gasteiger partial charge < -0.3 is 15.8 Å². The maximum atomic E-state index is 10.6. The van der Waals surface area contributed by atoms with E-state index in [4.69, 9.17) is 10.5 Å². The van der Waals surface area contributed by atoms with Crippen molar-refractivity contribution in [3.63, 3.8) is 0 Å². The fourth-order valence-electron chi connectivity index (χ4n) is 1.57. The van der Waals surface area contributed by atoms with Crippen LogP contribution in [0.1, 0.15) is 5.56 Å². The first-order chi connectivity index (χ1) is 9.65. The predicted molar refractivity (Wildman–Crippen MR) is 80.4 cm³/mol. The first kappa shape index (κ1) is 14.3. The summed E-state index contributed by atoms with van der Waals surface area (Å²) in [5.74, 6) is 0.132. The van der Waals surface area contributed by atoms with E-state index in [2.05, 4.69) is 26.2 Å². The van der Waals surface area contributed by atoms with E-state index in [0.717, 1.165) is 15.9 Å². The number of nitrogens with two attached hydrogens (primary N) is 1. The molecule has 3 N–H and O–H groups in total. The highest BCUT2D eigenvalue weighted by Crippen LogP contribution is 2.19. The molecule has 0 saturated carbocycles. The largest absolute Gasteiger partial charge is 0.484 e.